The summed E-state index contributed by atoms with van der Waals surface area (Å²) in [4.78, 5) is 0. The summed E-state index contributed by atoms with van der Waals surface area (Å²) in [5, 5.41) is 3.50. The Labute approximate surface area is 104 Å². The minimum Gasteiger partial charge on any atom is -0.314 e. The summed E-state index contributed by atoms with van der Waals surface area (Å²) in [7, 11) is 0. The minimum atomic E-state index is -0.0777. The van der Waals surface area contributed by atoms with Crippen molar-refractivity contribution in [1.29, 1.82) is 0 Å². The van der Waals surface area contributed by atoms with Gasteiger partial charge in [0.15, 0.2) is 0 Å². The SMILES string of the molecule is CCCC(NCC)C(C)Cc1ccccc1F. The van der Waals surface area contributed by atoms with E-state index in [0.717, 1.165) is 24.9 Å². The largest absolute Gasteiger partial charge is 0.314 e. The van der Waals surface area contributed by atoms with Crippen LogP contribution in [0, 0.1) is 11.7 Å². The lowest BCUT2D eigenvalue weighted by atomic mass is 9.91. The van der Waals surface area contributed by atoms with E-state index in [2.05, 4.69) is 26.1 Å². The van der Waals surface area contributed by atoms with Gasteiger partial charge in [0.25, 0.3) is 0 Å². The molecule has 0 saturated carbocycles. The summed E-state index contributed by atoms with van der Waals surface area (Å²) in [5.41, 5.74) is 0.832. The van der Waals surface area contributed by atoms with Gasteiger partial charge in [-0.3, -0.25) is 0 Å². The first-order valence-corrected chi connectivity index (χ1v) is 6.65. The van der Waals surface area contributed by atoms with E-state index in [0.29, 0.717) is 12.0 Å². The predicted octanol–water partition coefficient (Wildman–Crippen LogP) is 3.78. The van der Waals surface area contributed by atoms with Crippen molar-refractivity contribution >= 4 is 0 Å². The van der Waals surface area contributed by atoms with E-state index in [1.54, 1.807) is 12.1 Å². The normalized spacial score (nSPS) is 14.6. The van der Waals surface area contributed by atoms with E-state index in [1.165, 1.54) is 6.42 Å². The topological polar surface area (TPSA) is 12.0 Å². The molecule has 0 saturated heterocycles. The second-order valence-corrected chi connectivity index (χ2v) is 4.73. The maximum absolute atomic E-state index is 13.6. The van der Waals surface area contributed by atoms with Crippen molar-refractivity contribution < 1.29 is 4.39 Å². The fourth-order valence-corrected chi connectivity index (χ4v) is 2.31. The first-order chi connectivity index (χ1) is 8.19. The van der Waals surface area contributed by atoms with Crippen LogP contribution in [0.3, 0.4) is 0 Å². The van der Waals surface area contributed by atoms with Crippen LogP contribution in [0.2, 0.25) is 0 Å². The third-order valence-corrected chi connectivity index (χ3v) is 3.25. The highest BCUT2D eigenvalue weighted by Crippen LogP contribution is 2.17. The number of rotatable bonds is 7. The van der Waals surface area contributed by atoms with E-state index < -0.39 is 0 Å². The first kappa shape index (κ1) is 14.2. The monoisotopic (exact) mass is 237 g/mol. The third kappa shape index (κ3) is 4.47. The summed E-state index contributed by atoms with van der Waals surface area (Å²) in [6.45, 7) is 7.50. The summed E-state index contributed by atoms with van der Waals surface area (Å²) in [6, 6.07) is 7.58. The molecule has 1 N–H and O–H groups in total. The van der Waals surface area contributed by atoms with Crippen molar-refractivity contribution in [3.05, 3.63) is 35.6 Å². The van der Waals surface area contributed by atoms with Gasteiger partial charge in [-0.15, -0.1) is 0 Å². The zero-order valence-corrected chi connectivity index (χ0v) is 11.2. The summed E-state index contributed by atoms with van der Waals surface area (Å²) >= 11 is 0. The lowest BCUT2D eigenvalue weighted by Crippen LogP contribution is -2.35. The van der Waals surface area contributed by atoms with Crippen LogP contribution in [-0.2, 0) is 6.42 Å². The van der Waals surface area contributed by atoms with Gasteiger partial charge in [-0.05, 0) is 36.9 Å². The third-order valence-electron chi connectivity index (χ3n) is 3.25. The van der Waals surface area contributed by atoms with Crippen LogP contribution in [0.4, 0.5) is 4.39 Å². The summed E-state index contributed by atoms with van der Waals surface area (Å²) < 4.78 is 13.6. The summed E-state index contributed by atoms with van der Waals surface area (Å²) in [6.07, 6.45) is 3.13. The maximum Gasteiger partial charge on any atom is 0.126 e. The van der Waals surface area contributed by atoms with Crippen LogP contribution < -0.4 is 5.32 Å². The molecule has 0 aliphatic heterocycles. The van der Waals surface area contributed by atoms with Gasteiger partial charge in [0.2, 0.25) is 0 Å². The fraction of sp³-hybridized carbons (Fsp3) is 0.600. The van der Waals surface area contributed by atoms with Gasteiger partial charge in [-0.25, -0.2) is 4.39 Å². The predicted molar refractivity (Wildman–Crippen MR) is 71.6 cm³/mol. The molecule has 0 amide bonds. The van der Waals surface area contributed by atoms with E-state index in [1.807, 2.05) is 12.1 Å². The van der Waals surface area contributed by atoms with Gasteiger partial charge < -0.3 is 5.32 Å². The fourth-order valence-electron chi connectivity index (χ4n) is 2.31. The van der Waals surface area contributed by atoms with E-state index >= 15 is 0 Å². The van der Waals surface area contributed by atoms with Crippen molar-refractivity contribution in [2.45, 2.75) is 46.1 Å². The zero-order valence-electron chi connectivity index (χ0n) is 11.2. The molecule has 0 aromatic heterocycles. The Morgan fingerprint density at radius 1 is 1.24 bits per heavy atom. The average molecular weight is 237 g/mol. The quantitative estimate of drug-likeness (QED) is 0.761. The lowest BCUT2D eigenvalue weighted by molar-refractivity contribution is 0.354. The molecule has 2 unspecified atom stereocenters. The smallest absolute Gasteiger partial charge is 0.126 e. The number of benzene rings is 1. The molecule has 0 aliphatic rings. The highest BCUT2D eigenvalue weighted by Gasteiger charge is 2.16. The van der Waals surface area contributed by atoms with Crippen LogP contribution in [0.5, 0.6) is 0 Å². The number of hydrogen-bond acceptors (Lipinski definition) is 1. The van der Waals surface area contributed by atoms with E-state index in [4.69, 9.17) is 0 Å². The molecule has 1 nitrogen and oxygen atoms in total. The lowest BCUT2D eigenvalue weighted by Gasteiger charge is -2.24. The van der Waals surface area contributed by atoms with Crippen molar-refractivity contribution in [3.8, 4) is 0 Å². The molecule has 0 aliphatic carbocycles. The van der Waals surface area contributed by atoms with Crippen LogP contribution in [-0.4, -0.2) is 12.6 Å². The molecule has 96 valence electrons. The highest BCUT2D eigenvalue weighted by molar-refractivity contribution is 5.18. The zero-order chi connectivity index (χ0) is 12.7. The molecular formula is C15H24FN. The van der Waals surface area contributed by atoms with Gasteiger partial charge in [0, 0.05) is 6.04 Å². The maximum atomic E-state index is 13.6. The number of nitrogens with one attached hydrogen (secondary N) is 1. The molecule has 2 heteroatoms. The van der Waals surface area contributed by atoms with Gasteiger partial charge in [0.1, 0.15) is 5.82 Å². The van der Waals surface area contributed by atoms with E-state index in [9.17, 15) is 4.39 Å². The van der Waals surface area contributed by atoms with Crippen LogP contribution in [0.1, 0.15) is 39.2 Å². The van der Waals surface area contributed by atoms with E-state index in [-0.39, 0.29) is 5.82 Å². The Bertz CT molecular complexity index is 318. The molecule has 0 bridgehead atoms. The molecular weight excluding hydrogens is 213 g/mol. The number of halogens is 1. The molecule has 1 aromatic rings. The Morgan fingerprint density at radius 3 is 2.53 bits per heavy atom. The molecule has 0 spiro atoms. The average Bonchev–Trinajstić information content (AvgIpc) is 2.32. The standard InChI is InChI=1S/C15H24FN/c1-4-8-15(17-5-2)12(3)11-13-9-6-7-10-14(13)16/h6-7,9-10,12,15,17H,4-5,8,11H2,1-3H3. The van der Waals surface area contributed by atoms with Crippen LogP contribution in [0.15, 0.2) is 24.3 Å². The molecule has 0 heterocycles. The molecule has 1 rings (SSSR count). The van der Waals surface area contributed by atoms with Crippen molar-refractivity contribution in [2.75, 3.05) is 6.54 Å². The molecule has 17 heavy (non-hydrogen) atoms. The Hall–Kier alpha value is -0.890. The molecule has 0 fully saturated rings. The summed E-state index contributed by atoms with van der Waals surface area (Å²) in [5.74, 6) is 0.387. The first-order valence-electron chi connectivity index (χ1n) is 6.65. The Morgan fingerprint density at radius 2 is 1.94 bits per heavy atom. The van der Waals surface area contributed by atoms with Gasteiger partial charge in [-0.1, -0.05) is 45.4 Å². The van der Waals surface area contributed by atoms with Crippen LogP contribution in [0.25, 0.3) is 0 Å². The Balaban J connectivity index is 2.62. The number of hydrogen-bond donors (Lipinski definition) is 1. The van der Waals surface area contributed by atoms with Crippen molar-refractivity contribution in [2.24, 2.45) is 5.92 Å². The Kier molecular flexibility index (Phi) is 6.20. The van der Waals surface area contributed by atoms with Crippen LogP contribution >= 0.6 is 0 Å². The molecule has 0 radical (unpaired) electrons. The van der Waals surface area contributed by atoms with Gasteiger partial charge in [-0.2, -0.15) is 0 Å². The minimum absolute atomic E-state index is 0.0777. The highest BCUT2D eigenvalue weighted by atomic mass is 19.1. The second-order valence-electron chi connectivity index (χ2n) is 4.73. The van der Waals surface area contributed by atoms with Gasteiger partial charge >= 0.3 is 0 Å². The van der Waals surface area contributed by atoms with Gasteiger partial charge in [0.05, 0.1) is 0 Å². The molecule has 1 aromatic carbocycles. The van der Waals surface area contributed by atoms with Crippen molar-refractivity contribution in [1.82, 2.24) is 5.32 Å². The van der Waals surface area contributed by atoms with Crippen molar-refractivity contribution in [3.63, 3.8) is 0 Å². The molecule has 2 atom stereocenters. The second kappa shape index (κ2) is 7.44.